The van der Waals surface area contributed by atoms with Crippen molar-refractivity contribution in [3.8, 4) is 12.3 Å². The van der Waals surface area contributed by atoms with Gasteiger partial charge in [0, 0.05) is 21.3 Å². The van der Waals surface area contributed by atoms with Crippen molar-refractivity contribution in [2.75, 3.05) is 0 Å². The number of allylic oxidation sites excluding steroid dienone is 2. The maximum Gasteiger partial charge on any atom is 0.0388 e. The summed E-state index contributed by atoms with van der Waals surface area (Å²) >= 11 is 0. The molecule has 0 aromatic rings. The lowest BCUT2D eigenvalue weighted by Gasteiger charge is -2.34. The normalized spacial score (nSPS) is 38.1. The molecule has 1 nitrogen and oxygen atoms in total. The minimum absolute atomic E-state index is 0.409. The van der Waals surface area contributed by atoms with Crippen molar-refractivity contribution in [3.05, 3.63) is 11.6 Å². The molecule has 2 unspecified atom stereocenters. The Morgan fingerprint density at radius 2 is 2.00 bits per heavy atom. The number of terminal acetylenes is 1. The monoisotopic (exact) mass is 194 g/mol. The lowest BCUT2D eigenvalue weighted by Crippen LogP contribution is -2.36. The van der Waals surface area contributed by atoms with Gasteiger partial charge in [-0.3, -0.25) is 4.21 Å². The van der Waals surface area contributed by atoms with Gasteiger partial charge >= 0.3 is 0 Å². The third-order valence-electron chi connectivity index (χ3n) is 2.98. The Morgan fingerprint density at radius 1 is 1.38 bits per heavy atom. The summed E-state index contributed by atoms with van der Waals surface area (Å²) in [7, 11) is -0.570. The molecule has 0 aromatic heterocycles. The van der Waals surface area contributed by atoms with Crippen molar-refractivity contribution >= 4 is 10.8 Å². The van der Waals surface area contributed by atoms with E-state index in [2.05, 4.69) is 5.92 Å². The Labute approximate surface area is 82.1 Å². The molecule has 2 heteroatoms. The molecule has 2 rings (SSSR count). The SMILES string of the molecule is C#CC=C1CC2CCCC(C1)S2=O. The molecule has 0 aliphatic carbocycles. The van der Waals surface area contributed by atoms with E-state index in [0.717, 1.165) is 25.7 Å². The molecule has 2 heterocycles. The van der Waals surface area contributed by atoms with Crippen LogP contribution in [0.4, 0.5) is 0 Å². The van der Waals surface area contributed by atoms with Crippen LogP contribution in [0.2, 0.25) is 0 Å². The van der Waals surface area contributed by atoms with Gasteiger partial charge < -0.3 is 0 Å². The van der Waals surface area contributed by atoms with Crippen molar-refractivity contribution in [1.82, 2.24) is 0 Å². The molecule has 13 heavy (non-hydrogen) atoms. The molecule has 2 bridgehead atoms. The summed E-state index contributed by atoms with van der Waals surface area (Å²) in [5.74, 6) is 2.58. The molecule has 2 atom stereocenters. The van der Waals surface area contributed by atoms with Crippen LogP contribution in [0, 0.1) is 12.3 Å². The molecular formula is C11H14OS. The van der Waals surface area contributed by atoms with Crippen molar-refractivity contribution in [3.63, 3.8) is 0 Å². The number of hydrogen-bond donors (Lipinski definition) is 0. The van der Waals surface area contributed by atoms with E-state index in [9.17, 15) is 4.21 Å². The summed E-state index contributed by atoms with van der Waals surface area (Å²) in [6, 6.07) is 0. The molecule has 2 saturated heterocycles. The predicted molar refractivity (Wildman–Crippen MR) is 55.7 cm³/mol. The zero-order valence-electron chi connectivity index (χ0n) is 7.66. The van der Waals surface area contributed by atoms with Gasteiger partial charge in [0.2, 0.25) is 0 Å². The quantitative estimate of drug-likeness (QED) is 0.539. The molecule has 0 aromatic carbocycles. The van der Waals surface area contributed by atoms with Crippen LogP contribution in [0.1, 0.15) is 32.1 Å². The van der Waals surface area contributed by atoms with Crippen molar-refractivity contribution in [1.29, 1.82) is 0 Å². The van der Waals surface area contributed by atoms with Crippen LogP contribution in [-0.2, 0) is 10.8 Å². The first kappa shape index (κ1) is 9.02. The summed E-state index contributed by atoms with van der Waals surface area (Å²) in [6.07, 6.45) is 12.6. The van der Waals surface area contributed by atoms with Gasteiger partial charge in [-0.05, 0) is 31.8 Å². The van der Waals surface area contributed by atoms with Crippen LogP contribution in [-0.4, -0.2) is 14.7 Å². The maximum absolute atomic E-state index is 11.8. The molecule has 0 N–H and O–H groups in total. The van der Waals surface area contributed by atoms with Crippen molar-refractivity contribution in [2.24, 2.45) is 0 Å². The first-order chi connectivity index (χ1) is 6.31. The van der Waals surface area contributed by atoms with Crippen molar-refractivity contribution < 1.29 is 4.21 Å². The van der Waals surface area contributed by atoms with E-state index < -0.39 is 10.8 Å². The fraction of sp³-hybridized carbons (Fsp3) is 0.636. The van der Waals surface area contributed by atoms with Crippen LogP contribution in [0.25, 0.3) is 0 Å². The second-order valence-corrected chi connectivity index (χ2v) is 5.87. The highest BCUT2D eigenvalue weighted by Gasteiger charge is 2.34. The molecule has 2 fully saturated rings. The van der Waals surface area contributed by atoms with Crippen LogP contribution in [0.15, 0.2) is 11.6 Å². The van der Waals surface area contributed by atoms with E-state index in [4.69, 9.17) is 6.42 Å². The van der Waals surface area contributed by atoms with Crippen LogP contribution in [0.5, 0.6) is 0 Å². The number of fused-ring (bicyclic) bond motifs is 2. The molecule has 2 aliphatic heterocycles. The lowest BCUT2D eigenvalue weighted by molar-refractivity contribution is 0.518. The van der Waals surface area contributed by atoms with Gasteiger partial charge in [-0.25, -0.2) is 0 Å². The molecule has 70 valence electrons. The minimum atomic E-state index is -0.570. The highest BCUT2D eigenvalue weighted by atomic mass is 32.2. The average molecular weight is 194 g/mol. The zero-order valence-corrected chi connectivity index (χ0v) is 8.48. The smallest absolute Gasteiger partial charge is 0.0388 e. The minimum Gasteiger partial charge on any atom is -0.259 e. The Kier molecular flexibility index (Phi) is 2.55. The number of hydrogen-bond acceptors (Lipinski definition) is 1. The van der Waals surface area contributed by atoms with Crippen molar-refractivity contribution in [2.45, 2.75) is 42.6 Å². The van der Waals surface area contributed by atoms with Gasteiger partial charge in [0.05, 0.1) is 0 Å². The highest BCUT2D eigenvalue weighted by Crippen LogP contribution is 2.36. The summed E-state index contributed by atoms with van der Waals surface area (Å²) < 4.78 is 11.8. The van der Waals surface area contributed by atoms with Gasteiger partial charge in [-0.15, -0.1) is 6.42 Å². The Morgan fingerprint density at radius 3 is 2.54 bits per heavy atom. The third-order valence-corrected chi connectivity index (χ3v) is 5.10. The summed E-state index contributed by atoms with van der Waals surface area (Å²) in [4.78, 5) is 0. The maximum atomic E-state index is 11.8. The van der Waals surface area contributed by atoms with Gasteiger partial charge in [0.1, 0.15) is 0 Å². The van der Waals surface area contributed by atoms with E-state index in [1.807, 2.05) is 6.08 Å². The topological polar surface area (TPSA) is 17.1 Å². The lowest BCUT2D eigenvalue weighted by atomic mass is 9.94. The fourth-order valence-electron chi connectivity index (χ4n) is 2.35. The molecule has 0 spiro atoms. The van der Waals surface area contributed by atoms with Gasteiger partial charge in [0.25, 0.3) is 0 Å². The van der Waals surface area contributed by atoms with E-state index in [1.54, 1.807) is 0 Å². The van der Waals surface area contributed by atoms with Gasteiger partial charge in [-0.1, -0.05) is 17.9 Å². The second-order valence-electron chi connectivity index (χ2n) is 3.88. The number of rotatable bonds is 0. The largest absolute Gasteiger partial charge is 0.259 e. The van der Waals surface area contributed by atoms with E-state index in [0.29, 0.717) is 10.5 Å². The predicted octanol–water partition coefficient (Wildman–Crippen LogP) is 2.01. The Hall–Kier alpha value is -0.550. The van der Waals surface area contributed by atoms with E-state index >= 15 is 0 Å². The summed E-state index contributed by atoms with van der Waals surface area (Å²) in [6.45, 7) is 0. The molecule has 0 amide bonds. The first-order valence-corrected chi connectivity index (χ1v) is 6.12. The first-order valence-electron chi connectivity index (χ1n) is 4.84. The molecular weight excluding hydrogens is 180 g/mol. The van der Waals surface area contributed by atoms with Gasteiger partial charge in [0.15, 0.2) is 0 Å². The van der Waals surface area contributed by atoms with E-state index in [-0.39, 0.29) is 0 Å². The second kappa shape index (κ2) is 3.67. The molecule has 0 radical (unpaired) electrons. The van der Waals surface area contributed by atoms with E-state index in [1.165, 1.54) is 12.0 Å². The Bertz CT molecular complexity index is 280. The van der Waals surface area contributed by atoms with Crippen LogP contribution >= 0.6 is 0 Å². The summed E-state index contributed by atoms with van der Waals surface area (Å²) in [5.41, 5.74) is 1.34. The Balaban J connectivity index is 2.17. The third kappa shape index (κ3) is 1.71. The van der Waals surface area contributed by atoms with Crippen LogP contribution < -0.4 is 0 Å². The van der Waals surface area contributed by atoms with Crippen LogP contribution in [0.3, 0.4) is 0 Å². The standard InChI is InChI=1S/C11H14OS/c1-2-4-9-7-10-5-3-6-11(8-9)13(10)12/h1,4,10-11H,3,5-8H2. The molecule has 2 aliphatic rings. The fourth-order valence-corrected chi connectivity index (χ4v) is 4.45. The zero-order chi connectivity index (χ0) is 9.26. The highest BCUT2D eigenvalue weighted by molar-refractivity contribution is 7.86. The molecule has 0 saturated carbocycles. The average Bonchev–Trinajstić information content (AvgIpc) is 2.07. The van der Waals surface area contributed by atoms with Gasteiger partial charge in [-0.2, -0.15) is 0 Å². The summed E-state index contributed by atoms with van der Waals surface area (Å²) in [5, 5.41) is 0.819.